The molecule has 1 saturated carbocycles. The van der Waals surface area contributed by atoms with Gasteiger partial charge < -0.3 is 10.0 Å². The number of hydrogen-bond donors (Lipinski definition) is 1. The molecule has 1 aliphatic heterocycles. The highest BCUT2D eigenvalue weighted by Gasteiger charge is 2.45. The lowest BCUT2D eigenvalue weighted by atomic mass is 9.76. The number of amides is 1. The number of rotatable bonds is 1. The molecule has 1 N–H and O–H groups in total. The summed E-state index contributed by atoms with van der Waals surface area (Å²) in [5.41, 5.74) is 1.13. The molecule has 0 bridgehead atoms. The van der Waals surface area contributed by atoms with Gasteiger partial charge in [0.25, 0.3) is 5.91 Å². The van der Waals surface area contributed by atoms with Crippen LogP contribution in [0.1, 0.15) is 42.6 Å². The summed E-state index contributed by atoms with van der Waals surface area (Å²) in [6.45, 7) is 1.40. The fourth-order valence-corrected chi connectivity index (χ4v) is 4.10. The summed E-state index contributed by atoms with van der Waals surface area (Å²) >= 11 is 0. The minimum atomic E-state index is -0.273. The highest BCUT2D eigenvalue weighted by molar-refractivity contribution is 5.93. The van der Waals surface area contributed by atoms with Crippen LogP contribution in [0.3, 0.4) is 0 Å². The van der Waals surface area contributed by atoms with E-state index in [1.165, 1.54) is 6.33 Å². The Morgan fingerprint density at radius 2 is 2.18 bits per heavy atom. The van der Waals surface area contributed by atoms with Gasteiger partial charge in [-0.3, -0.25) is 4.79 Å². The van der Waals surface area contributed by atoms with Crippen molar-refractivity contribution in [2.75, 3.05) is 13.1 Å². The summed E-state index contributed by atoms with van der Waals surface area (Å²) < 4.78 is 1.59. The zero-order valence-corrected chi connectivity index (χ0v) is 12.5. The average molecular weight is 300 g/mol. The quantitative estimate of drug-likeness (QED) is 0.866. The Morgan fingerprint density at radius 3 is 3.00 bits per heavy atom. The van der Waals surface area contributed by atoms with Gasteiger partial charge in [0, 0.05) is 18.5 Å². The zero-order chi connectivity index (χ0) is 15.2. The normalized spacial score (nSPS) is 28.6. The molecule has 6 nitrogen and oxygen atoms in total. The van der Waals surface area contributed by atoms with E-state index in [0.29, 0.717) is 17.9 Å². The van der Waals surface area contributed by atoms with Gasteiger partial charge in [0.1, 0.15) is 12.0 Å². The van der Waals surface area contributed by atoms with Crippen LogP contribution in [0.2, 0.25) is 0 Å². The standard InChI is InChI=1S/C16H20N4O2/c21-13-5-2-7-16(13)8-3-9-19(10-16)15(22)12-4-1-6-14-17-11-18-20(12)14/h1,4,6,11,13,21H,2-3,5,7-10H2/t13-,16-/m1/s1. The number of fused-ring (bicyclic) bond motifs is 1. The van der Waals surface area contributed by atoms with Crippen LogP contribution in [0.25, 0.3) is 5.65 Å². The third kappa shape index (κ3) is 2.01. The first-order valence-corrected chi connectivity index (χ1v) is 7.96. The van der Waals surface area contributed by atoms with E-state index < -0.39 is 0 Å². The van der Waals surface area contributed by atoms with Crippen molar-refractivity contribution >= 4 is 11.6 Å². The maximum Gasteiger partial charge on any atom is 0.272 e. The SMILES string of the molecule is O=C(c1cccc2ncnn12)N1CCC[C@]2(CCC[C@H]2O)C1. The molecule has 3 heterocycles. The van der Waals surface area contributed by atoms with E-state index in [-0.39, 0.29) is 17.4 Å². The van der Waals surface area contributed by atoms with E-state index >= 15 is 0 Å². The number of carbonyl (C=O) groups excluding carboxylic acids is 1. The Bertz CT molecular complexity index is 713. The van der Waals surface area contributed by atoms with Crippen molar-refractivity contribution < 1.29 is 9.90 Å². The van der Waals surface area contributed by atoms with Crippen molar-refractivity contribution in [3.8, 4) is 0 Å². The highest BCUT2D eigenvalue weighted by atomic mass is 16.3. The van der Waals surface area contributed by atoms with E-state index in [9.17, 15) is 9.90 Å². The first-order valence-electron chi connectivity index (χ1n) is 7.96. The maximum atomic E-state index is 12.9. The van der Waals surface area contributed by atoms with Gasteiger partial charge in [-0.1, -0.05) is 12.5 Å². The van der Waals surface area contributed by atoms with Crippen LogP contribution in [0.5, 0.6) is 0 Å². The third-order valence-corrected chi connectivity index (χ3v) is 5.28. The van der Waals surface area contributed by atoms with Crippen LogP contribution in [-0.4, -0.2) is 49.7 Å². The Hall–Kier alpha value is -1.95. The van der Waals surface area contributed by atoms with Crippen molar-refractivity contribution in [1.82, 2.24) is 19.5 Å². The average Bonchev–Trinajstić information content (AvgIpc) is 3.14. The molecule has 1 spiro atoms. The molecule has 0 aromatic carbocycles. The fourth-order valence-electron chi connectivity index (χ4n) is 4.10. The number of aliphatic hydroxyl groups is 1. The summed E-state index contributed by atoms with van der Waals surface area (Å²) in [6.07, 6.45) is 6.10. The number of hydrogen-bond acceptors (Lipinski definition) is 4. The number of aliphatic hydroxyl groups excluding tert-OH is 1. The van der Waals surface area contributed by atoms with Gasteiger partial charge >= 0.3 is 0 Å². The second-order valence-corrected chi connectivity index (χ2v) is 6.54. The van der Waals surface area contributed by atoms with Crippen molar-refractivity contribution in [2.45, 2.75) is 38.2 Å². The van der Waals surface area contributed by atoms with Gasteiger partial charge in [-0.15, -0.1) is 0 Å². The van der Waals surface area contributed by atoms with E-state index in [2.05, 4.69) is 10.1 Å². The van der Waals surface area contributed by atoms with Gasteiger partial charge in [-0.25, -0.2) is 9.50 Å². The van der Waals surface area contributed by atoms with Gasteiger partial charge in [0.05, 0.1) is 6.10 Å². The number of carbonyl (C=O) groups is 1. The molecule has 116 valence electrons. The number of likely N-dealkylation sites (tertiary alicyclic amines) is 1. The summed E-state index contributed by atoms with van der Waals surface area (Å²) in [4.78, 5) is 18.9. The molecule has 2 fully saturated rings. The minimum Gasteiger partial charge on any atom is -0.392 e. The molecular formula is C16H20N4O2. The number of aromatic nitrogens is 3. The summed E-state index contributed by atoms with van der Waals surface area (Å²) in [7, 11) is 0. The molecule has 2 aliphatic rings. The molecule has 4 rings (SSSR count). The monoisotopic (exact) mass is 300 g/mol. The highest BCUT2D eigenvalue weighted by Crippen LogP contribution is 2.45. The molecule has 1 amide bonds. The molecule has 2 atom stereocenters. The van der Waals surface area contributed by atoms with Crippen molar-refractivity contribution in [3.05, 3.63) is 30.2 Å². The molecule has 0 radical (unpaired) electrons. The van der Waals surface area contributed by atoms with Crippen LogP contribution in [0.4, 0.5) is 0 Å². The van der Waals surface area contributed by atoms with E-state index in [1.54, 1.807) is 10.6 Å². The van der Waals surface area contributed by atoms with Gasteiger partial charge in [0.15, 0.2) is 5.65 Å². The number of pyridine rings is 1. The summed E-state index contributed by atoms with van der Waals surface area (Å²) in [5, 5.41) is 14.5. The third-order valence-electron chi connectivity index (χ3n) is 5.28. The number of piperidine rings is 1. The molecular weight excluding hydrogens is 280 g/mol. The molecule has 2 aromatic heterocycles. The van der Waals surface area contributed by atoms with Crippen LogP contribution < -0.4 is 0 Å². The van der Waals surface area contributed by atoms with Crippen molar-refractivity contribution in [1.29, 1.82) is 0 Å². The Balaban J connectivity index is 1.64. The largest absolute Gasteiger partial charge is 0.392 e. The second kappa shape index (κ2) is 5.05. The van der Waals surface area contributed by atoms with Crippen LogP contribution in [0.15, 0.2) is 24.5 Å². The van der Waals surface area contributed by atoms with E-state index in [0.717, 1.165) is 38.6 Å². The first kappa shape index (κ1) is 13.7. The summed E-state index contributed by atoms with van der Waals surface area (Å²) in [5.74, 6) is -0.0192. The lowest BCUT2D eigenvalue weighted by Crippen LogP contribution is -2.49. The molecule has 2 aromatic rings. The minimum absolute atomic E-state index is 0.0192. The fraction of sp³-hybridized carbons (Fsp3) is 0.562. The lowest BCUT2D eigenvalue weighted by Gasteiger charge is -2.42. The summed E-state index contributed by atoms with van der Waals surface area (Å²) in [6, 6.07) is 5.46. The molecule has 1 aliphatic carbocycles. The maximum absolute atomic E-state index is 12.9. The van der Waals surface area contributed by atoms with Crippen molar-refractivity contribution in [3.63, 3.8) is 0 Å². The van der Waals surface area contributed by atoms with Gasteiger partial charge in [-0.2, -0.15) is 5.10 Å². The predicted octanol–water partition coefficient (Wildman–Crippen LogP) is 1.50. The van der Waals surface area contributed by atoms with Crippen LogP contribution >= 0.6 is 0 Å². The zero-order valence-electron chi connectivity index (χ0n) is 12.5. The van der Waals surface area contributed by atoms with Crippen molar-refractivity contribution in [2.24, 2.45) is 5.41 Å². The van der Waals surface area contributed by atoms with Crippen LogP contribution in [-0.2, 0) is 0 Å². The lowest BCUT2D eigenvalue weighted by molar-refractivity contribution is -0.00564. The first-order chi connectivity index (χ1) is 10.7. The van der Waals surface area contributed by atoms with E-state index in [4.69, 9.17) is 0 Å². The smallest absolute Gasteiger partial charge is 0.272 e. The second-order valence-electron chi connectivity index (χ2n) is 6.54. The predicted molar refractivity (Wildman–Crippen MR) is 80.4 cm³/mol. The van der Waals surface area contributed by atoms with Gasteiger partial charge in [0.2, 0.25) is 0 Å². The molecule has 22 heavy (non-hydrogen) atoms. The topological polar surface area (TPSA) is 70.7 Å². The van der Waals surface area contributed by atoms with Gasteiger partial charge in [-0.05, 0) is 37.8 Å². The number of nitrogens with zero attached hydrogens (tertiary/aromatic N) is 4. The molecule has 6 heteroatoms. The van der Waals surface area contributed by atoms with E-state index in [1.807, 2.05) is 17.0 Å². The Morgan fingerprint density at radius 1 is 1.32 bits per heavy atom. The Labute approximate surface area is 128 Å². The van der Waals surface area contributed by atoms with Crippen LogP contribution in [0, 0.1) is 5.41 Å². The molecule has 0 unspecified atom stereocenters. The Kier molecular flexibility index (Phi) is 3.14. The molecule has 1 saturated heterocycles.